The zero-order chi connectivity index (χ0) is 13.0. The largest absolute Gasteiger partial charge is 0.360 e. The van der Waals surface area contributed by atoms with Crippen molar-refractivity contribution in [3.05, 3.63) is 41.9 Å². The Morgan fingerprint density at radius 3 is 2.72 bits per heavy atom. The standard InChI is InChI=1S/C10H12N4O3S/c11-5-8-1-2-10(12-6-8)18(15,16)14-7-9-3-4-13-17-9/h1-4,6,14H,5,7,11H2. The molecule has 0 bridgehead atoms. The number of nitrogens with zero attached hydrogens (tertiary/aromatic N) is 2. The third-order valence-corrected chi connectivity index (χ3v) is 3.55. The molecule has 0 fully saturated rings. The summed E-state index contributed by atoms with van der Waals surface area (Å²) in [6, 6.07) is 4.61. The number of nitrogens with two attached hydrogens (primary N) is 1. The van der Waals surface area contributed by atoms with Crippen molar-refractivity contribution < 1.29 is 12.9 Å². The molecule has 0 aliphatic heterocycles. The molecule has 8 heteroatoms. The molecule has 0 saturated heterocycles. The minimum atomic E-state index is -3.65. The van der Waals surface area contributed by atoms with Crippen LogP contribution in [0, 0.1) is 0 Å². The van der Waals surface area contributed by atoms with Crippen LogP contribution in [0.2, 0.25) is 0 Å². The molecular weight excluding hydrogens is 256 g/mol. The van der Waals surface area contributed by atoms with Crippen molar-refractivity contribution in [1.29, 1.82) is 0 Å². The van der Waals surface area contributed by atoms with E-state index in [2.05, 4.69) is 14.9 Å². The van der Waals surface area contributed by atoms with Crippen LogP contribution < -0.4 is 10.5 Å². The summed E-state index contributed by atoms with van der Waals surface area (Å²) in [6.45, 7) is 0.349. The maximum absolute atomic E-state index is 11.9. The first-order valence-corrected chi connectivity index (χ1v) is 6.64. The van der Waals surface area contributed by atoms with Crippen LogP contribution in [-0.2, 0) is 23.1 Å². The first-order valence-electron chi connectivity index (χ1n) is 5.16. The van der Waals surface area contributed by atoms with Gasteiger partial charge in [0.1, 0.15) is 0 Å². The lowest BCUT2D eigenvalue weighted by Gasteiger charge is -2.04. The van der Waals surface area contributed by atoms with Gasteiger partial charge in [0.05, 0.1) is 12.7 Å². The lowest BCUT2D eigenvalue weighted by atomic mass is 10.3. The van der Waals surface area contributed by atoms with Crippen LogP contribution in [0.3, 0.4) is 0 Å². The summed E-state index contributed by atoms with van der Waals surface area (Å²) in [7, 11) is -3.65. The maximum atomic E-state index is 11.9. The highest BCUT2D eigenvalue weighted by Gasteiger charge is 2.15. The van der Waals surface area contributed by atoms with Gasteiger partial charge in [0, 0.05) is 18.8 Å². The van der Waals surface area contributed by atoms with Crippen molar-refractivity contribution in [2.45, 2.75) is 18.1 Å². The molecule has 0 saturated carbocycles. The van der Waals surface area contributed by atoms with Gasteiger partial charge in [-0.1, -0.05) is 11.2 Å². The monoisotopic (exact) mass is 268 g/mol. The molecule has 0 atom stereocenters. The molecule has 96 valence electrons. The van der Waals surface area contributed by atoms with Gasteiger partial charge in [0.15, 0.2) is 10.8 Å². The normalized spacial score (nSPS) is 11.6. The molecule has 0 spiro atoms. The minimum Gasteiger partial charge on any atom is -0.360 e. The van der Waals surface area contributed by atoms with E-state index in [1.807, 2.05) is 0 Å². The van der Waals surface area contributed by atoms with Crippen LogP contribution in [0.1, 0.15) is 11.3 Å². The number of hydrogen-bond donors (Lipinski definition) is 2. The van der Waals surface area contributed by atoms with Crippen molar-refractivity contribution in [3.63, 3.8) is 0 Å². The zero-order valence-electron chi connectivity index (χ0n) is 9.41. The van der Waals surface area contributed by atoms with E-state index >= 15 is 0 Å². The predicted molar refractivity (Wildman–Crippen MR) is 62.7 cm³/mol. The Bertz CT molecular complexity index is 593. The number of pyridine rings is 1. The van der Waals surface area contributed by atoms with Crippen LogP contribution >= 0.6 is 0 Å². The number of sulfonamides is 1. The van der Waals surface area contributed by atoms with Crippen molar-refractivity contribution in [1.82, 2.24) is 14.9 Å². The van der Waals surface area contributed by atoms with Gasteiger partial charge >= 0.3 is 0 Å². The first-order chi connectivity index (χ1) is 8.62. The second-order valence-electron chi connectivity index (χ2n) is 3.51. The summed E-state index contributed by atoms with van der Waals surface area (Å²) in [5.74, 6) is 0.428. The fourth-order valence-corrected chi connectivity index (χ4v) is 2.18. The molecule has 0 aliphatic rings. The zero-order valence-corrected chi connectivity index (χ0v) is 10.2. The van der Waals surface area contributed by atoms with Crippen LogP contribution in [0.25, 0.3) is 0 Å². The molecule has 18 heavy (non-hydrogen) atoms. The fourth-order valence-electron chi connectivity index (χ4n) is 1.26. The molecule has 2 rings (SSSR count). The average molecular weight is 268 g/mol. The van der Waals surface area contributed by atoms with Crippen LogP contribution in [-0.4, -0.2) is 18.6 Å². The molecule has 0 unspecified atom stereocenters. The number of nitrogens with one attached hydrogen (secondary N) is 1. The summed E-state index contributed by atoms with van der Waals surface area (Å²) < 4.78 is 30.9. The minimum absolute atomic E-state index is 0.0304. The van der Waals surface area contributed by atoms with Gasteiger partial charge in [-0.15, -0.1) is 0 Å². The summed E-state index contributed by atoms with van der Waals surface area (Å²) >= 11 is 0. The topological polar surface area (TPSA) is 111 Å². The third kappa shape index (κ3) is 2.92. The Balaban J connectivity index is 2.09. The van der Waals surface area contributed by atoms with E-state index in [0.29, 0.717) is 12.3 Å². The van der Waals surface area contributed by atoms with E-state index < -0.39 is 10.0 Å². The van der Waals surface area contributed by atoms with E-state index in [0.717, 1.165) is 5.56 Å². The van der Waals surface area contributed by atoms with Gasteiger partial charge in [0.2, 0.25) is 0 Å². The van der Waals surface area contributed by atoms with Crippen molar-refractivity contribution in [3.8, 4) is 0 Å². The summed E-state index contributed by atoms with van der Waals surface area (Å²) in [6.07, 6.45) is 2.88. The fraction of sp³-hybridized carbons (Fsp3) is 0.200. The van der Waals surface area contributed by atoms with Gasteiger partial charge in [-0.2, -0.15) is 0 Å². The van der Waals surface area contributed by atoms with Gasteiger partial charge in [-0.25, -0.2) is 18.1 Å². The highest BCUT2D eigenvalue weighted by Crippen LogP contribution is 2.07. The lowest BCUT2D eigenvalue weighted by molar-refractivity contribution is 0.380. The Morgan fingerprint density at radius 2 is 2.17 bits per heavy atom. The number of hydrogen-bond acceptors (Lipinski definition) is 6. The molecule has 7 nitrogen and oxygen atoms in total. The average Bonchev–Trinajstić information content (AvgIpc) is 2.90. The second kappa shape index (κ2) is 5.25. The van der Waals surface area contributed by atoms with E-state index in [9.17, 15) is 8.42 Å². The molecule has 0 amide bonds. The molecule has 2 heterocycles. The van der Waals surface area contributed by atoms with Crippen molar-refractivity contribution in [2.24, 2.45) is 5.73 Å². The third-order valence-electron chi connectivity index (χ3n) is 2.24. The Morgan fingerprint density at radius 1 is 1.33 bits per heavy atom. The van der Waals surface area contributed by atoms with Gasteiger partial charge in [0.25, 0.3) is 10.0 Å². The molecule has 3 N–H and O–H groups in total. The van der Waals surface area contributed by atoms with Gasteiger partial charge < -0.3 is 10.3 Å². The maximum Gasteiger partial charge on any atom is 0.258 e. The Labute approximate surface area is 104 Å². The predicted octanol–water partition coefficient (Wildman–Crippen LogP) is 0.00680. The van der Waals surface area contributed by atoms with Gasteiger partial charge in [-0.05, 0) is 11.6 Å². The second-order valence-corrected chi connectivity index (χ2v) is 5.23. The molecule has 0 aliphatic carbocycles. The van der Waals surface area contributed by atoms with E-state index in [1.54, 1.807) is 12.1 Å². The Hall–Kier alpha value is -1.77. The number of aromatic nitrogens is 2. The summed E-state index contributed by atoms with van der Waals surface area (Å²) in [4.78, 5) is 3.84. The smallest absolute Gasteiger partial charge is 0.258 e. The number of rotatable bonds is 5. The Kier molecular flexibility index (Phi) is 3.70. The van der Waals surface area contributed by atoms with E-state index in [1.165, 1.54) is 18.5 Å². The first kappa shape index (κ1) is 12.7. The van der Waals surface area contributed by atoms with Gasteiger partial charge in [-0.3, -0.25) is 0 Å². The van der Waals surface area contributed by atoms with E-state index in [4.69, 9.17) is 10.3 Å². The molecule has 2 aromatic heterocycles. The highest BCUT2D eigenvalue weighted by atomic mass is 32.2. The highest BCUT2D eigenvalue weighted by molar-refractivity contribution is 7.89. The van der Waals surface area contributed by atoms with Crippen molar-refractivity contribution >= 4 is 10.0 Å². The molecular formula is C10H12N4O3S. The quantitative estimate of drug-likeness (QED) is 0.790. The lowest BCUT2D eigenvalue weighted by Crippen LogP contribution is -2.24. The van der Waals surface area contributed by atoms with Crippen LogP contribution in [0.15, 0.2) is 40.1 Å². The molecule has 0 aromatic carbocycles. The molecule has 0 radical (unpaired) electrons. The van der Waals surface area contributed by atoms with Crippen molar-refractivity contribution in [2.75, 3.05) is 0 Å². The molecule has 2 aromatic rings. The van der Waals surface area contributed by atoms with E-state index in [-0.39, 0.29) is 11.6 Å². The van der Waals surface area contributed by atoms with Crippen LogP contribution in [0.5, 0.6) is 0 Å². The summed E-state index contributed by atoms with van der Waals surface area (Å²) in [5, 5.41) is 3.42. The van der Waals surface area contributed by atoms with Crippen LogP contribution in [0.4, 0.5) is 0 Å². The SMILES string of the molecule is NCc1ccc(S(=O)(=O)NCc2ccno2)nc1. The summed E-state index contributed by atoms with van der Waals surface area (Å²) in [5.41, 5.74) is 6.18.